The maximum Gasteiger partial charge on any atom is 0.188 e. The fourth-order valence-electron chi connectivity index (χ4n) is 3.48. The third-order valence-corrected chi connectivity index (χ3v) is 7.20. The molecule has 3 aromatic rings. The van der Waals surface area contributed by atoms with Crippen molar-refractivity contribution in [2.75, 3.05) is 19.3 Å². The van der Waals surface area contributed by atoms with E-state index in [1.165, 1.54) is 11.8 Å². The zero-order valence-electron chi connectivity index (χ0n) is 14.4. The van der Waals surface area contributed by atoms with Gasteiger partial charge in [-0.3, -0.25) is 14.9 Å². The van der Waals surface area contributed by atoms with Crippen LogP contribution in [0, 0.1) is 0 Å². The quantitative estimate of drug-likeness (QED) is 0.676. The zero-order chi connectivity index (χ0) is 18.1. The number of likely N-dealkylation sites (tertiary alicyclic amines) is 1. The molecule has 1 unspecified atom stereocenters. The van der Waals surface area contributed by atoms with Crippen molar-refractivity contribution in [1.29, 1.82) is 0 Å². The monoisotopic (exact) mass is 389 g/mol. The number of hydrogen-bond acceptors (Lipinski definition) is 8. The van der Waals surface area contributed by atoms with Crippen LogP contribution in [0.1, 0.15) is 30.0 Å². The summed E-state index contributed by atoms with van der Waals surface area (Å²) in [5.74, 6) is 0.104. The minimum atomic E-state index is -3.28. The Bertz CT molecular complexity index is 1030. The Morgan fingerprint density at radius 1 is 1.23 bits per heavy atom. The first-order chi connectivity index (χ1) is 12.5. The van der Waals surface area contributed by atoms with Gasteiger partial charge in [0, 0.05) is 49.2 Å². The lowest BCUT2D eigenvalue weighted by Crippen LogP contribution is -2.34. The van der Waals surface area contributed by atoms with Crippen molar-refractivity contribution < 1.29 is 8.42 Å². The van der Waals surface area contributed by atoms with Gasteiger partial charge in [0.25, 0.3) is 0 Å². The van der Waals surface area contributed by atoms with Gasteiger partial charge in [0.15, 0.2) is 14.0 Å². The van der Waals surface area contributed by atoms with E-state index in [1.807, 2.05) is 6.07 Å². The molecule has 1 aliphatic rings. The highest BCUT2D eigenvalue weighted by Gasteiger charge is 2.29. The maximum absolute atomic E-state index is 12.0. The first-order valence-electron chi connectivity index (χ1n) is 8.45. The molecule has 9 heteroatoms. The smallest absolute Gasteiger partial charge is 0.188 e. The summed E-state index contributed by atoms with van der Waals surface area (Å²) in [7, 11) is -3.28. The predicted molar refractivity (Wildman–Crippen MR) is 99.8 cm³/mol. The van der Waals surface area contributed by atoms with Crippen LogP contribution in [-0.2, 0) is 16.4 Å². The van der Waals surface area contributed by atoms with Gasteiger partial charge in [-0.1, -0.05) is 10.6 Å². The van der Waals surface area contributed by atoms with Crippen molar-refractivity contribution in [1.82, 2.24) is 24.5 Å². The number of sulfone groups is 1. The molecular formula is C17H19N5O2S2. The Kier molecular flexibility index (Phi) is 4.68. The van der Waals surface area contributed by atoms with Crippen LogP contribution in [0.2, 0.25) is 0 Å². The van der Waals surface area contributed by atoms with Crippen molar-refractivity contribution >= 4 is 32.4 Å². The Morgan fingerprint density at radius 3 is 2.85 bits per heavy atom. The number of nitrogens with zero attached hydrogens (tertiary/aromatic N) is 5. The molecule has 1 aliphatic heterocycles. The number of rotatable bonds is 4. The lowest BCUT2D eigenvalue weighted by atomic mass is 9.95. The second-order valence-electron chi connectivity index (χ2n) is 6.67. The Balaban J connectivity index is 1.52. The summed E-state index contributed by atoms with van der Waals surface area (Å²) in [6.45, 7) is 2.57. The molecule has 0 radical (unpaired) electrons. The van der Waals surface area contributed by atoms with E-state index in [0.29, 0.717) is 9.90 Å². The zero-order valence-corrected chi connectivity index (χ0v) is 16.0. The van der Waals surface area contributed by atoms with E-state index < -0.39 is 9.84 Å². The van der Waals surface area contributed by atoms with Gasteiger partial charge < -0.3 is 0 Å². The van der Waals surface area contributed by atoms with E-state index in [9.17, 15) is 8.42 Å². The average Bonchev–Trinajstić information content (AvgIpc) is 3.12. The highest BCUT2D eigenvalue weighted by Crippen LogP contribution is 2.32. The standard InChI is InChI=1S/C17H19N5O2S2/c1-26(23,24)17-16(20-21-25-17)13-3-2-8-22(11-13)10-12-4-5-14-15(9-12)19-7-6-18-14/h4-7,9,13H,2-3,8,10-11H2,1H3. The van der Waals surface area contributed by atoms with Gasteiger partial charge in [0.2, 0.25) is 0 Å². The van der Waals surface area contributed by atoms with Crippen LogP contribution in [0.4, 0.5) is 0 Å². The van der Waals surface area contributed by atoms with Crippen molar-refractivity contribution in [3.05, 3.63) is 41.9 Å². The fraction of sp³-hybridized carbons (Fsp3) is 0.412. The van der Waals surface area contributed by atoms with Gasteiger partial charge in [-0.05, 0) is 37.1 Å². The van der Waals surface area contributed by atoms with Gasteiger partial charge in [0.05, 0.1) is 16.7 Å². The minimum absolute atomic E-state index is 0.104. The van der Waals surface area contributed by atoms with Gasteiger partial charge in [-0.15, -0.1) is 5.10 Å². The van der Waals surface area contributed by atoms with Gasteiger partial charge in [-0.2, -0.15) is 0 Å². The number of aromatic nitrogens is 4. The van der Waals surface area contributed by atoms with Gasteiger partial charge in [0.1, 0.15) is 0 Å². The van der Waals surface area contributed by atoms with Gasteiger partial charge >= 0.3 is 0 Å². The molecule has 0 saturated carbocycles. The third-order valence-electron chi connectivity index (χ3n) is 4.65. The van der Waals surface area contributed by atoms with E-state index in [1.54, 1.807) is 12.4 Å². The van der Waals surface area contributed by atoms with Crippen molar-refractivity contribution in [2.24, 2.45) is 0 Å². The molecule has 136 valence electrons. The highest BCUT2D eigenvalue weighted by atomic mass is 32.2. The summed E-state index contributed by atoms with van der Waals surface area (Å²) in [6, 6.07) is 6.14. The number of piperidine rings is 1. The summed E-state index contributed by atoms with van der Waals surface area (Å²) in [4.78, 5) is 11.0. The van der Waals surface area contributed by atoms with E-state index in [0.717, 1.165) is 55.0 Å². The van der Waals surface area contributed by atoms with Crippen molar-refractivity contribution in [2.45, 2.75) is 29.5 Å². The topological polar surface area (TPSA) is 88.9 Å². The van der Waals surface area contributed by atoms with Crippen molar-refractivity contribution in [3.63, 3.8) is 0 Å². The third kappa shape index (κ3) is 3.60. The molecule has 1 fully saturated rings. The van der Waals surface area contributed by atoms with Crippen LogP contribution in [0.25, 0.3) is 11.0 Å². The molecule has 0 spiro atoms. The van der Waals surface area contributed by atoms with Crippen LogP contribution < -0.4 is 0 Å². The van der Waals surface area contributed by atoms with Crippen molar-refractivity contribution in [3.8, 4) is 0 Å². The van der Waals surface area contributed by atoms with E-state index in [2.05, 4.69) is 36.6 Å². The predicted octanol–water partition coefficient (Wildman–Crippen LogP) is 2.26. The van der Waals surface area contributed by atoms with E-state index in [4.69, 9.17) is 0 Å². The molecule has 1 atom stereocenters. The minimum Gasteiger partial charge on any atom is -0.298 e. The van der Waals surface area contributed by atoms with Crippen LogP contribution in [0.5, 0.6) is 0 Å². The summed E-state index contributed by atoms with van der Waals surface area (Å²) in [5, 5.41) is 4.13. The lowest BCUT2D eigenvalue weighted by Gasteiger charge is -2.32. The molecule has 7 nitrogen and oxygen atoms in total. The molecule has 3 heterocycles. The molecule has 4 rings (SSSR count). The molecule has 1 saturated heterocycles. The normalized spacial score (nSPS) is 19.0. The number of fused-ring (bicyclic) bond motifs is 1. The largest absolute Gasteiger partial charge is 0.298 e. The fourth-order valence-corrected chi connectivity index (χ4v) is 5.22. The first kappa shape index (κ1) is 17.4. The SMILES string of the molecule is CS(=O)(=O)c1snnc1C1CCCN(Cc2ccc3nccnc3c2)C1. The van der Waals surface area contributed by atoms with Crippen LogP contribution in [-0.4, -0.2) is 52.2 Å². The number of benzene rings is 1. The van der Waals surface area contributed by atoms with Crippen LogP contribution >= 0.6 is 11.5 Å². The summed E-state index contributed by atoms with van der Waals surface area (Å²) in [5.41, 5.74) is 3.59. The molecule has 0 amide bonds. The molecule has 2 aromatic heterocycles. The van der Waals surface area contributed by atoms with Gasteiger partial charge in [-0.25, -0.2) is 8.42 Å². The highest BCUT2D eigenvalue weighted by molar-refractivity contribution is 7.92. The molecular weight excluding hydrogens is 370 g/mol. The molecule has 0 bridgehead atoms. The Labute approximate surface area is 156 Å². The second kappa shape index (κ2) is 6.98. The van der Waals surface area contributed by atoms with Crippen LogP contribution in [0.15, 0.2) is 34.8 Å². The van der Waals surface area contributed by atoms with E-state index in [-0.39, 0.29) is 5.92 Å². The second-order valence-corrected chi connectivity index (χ2v) is 9.64. The lowest BCUT2D eigenvalue weighted by molar-refractivity contribution is 0.197. The molecule has 1 aromatic carbocycles. The Hall–Kier alpha value is -1.97. The maximum atomic E-state index is 12.0. The Morgan fingerprint density at radius 2 is 2.04 bits per heavy atom. The number of hydrogen-bond donors (Lipinski definition) is 0. The molecule has 26 heavy (non-hydrogen) atoms. The summed E-state index contributed by atoms with van der Waals surface area (Å²) < 4.78 is 28.1. The van der Waals surface area contributed by atoms with E-state index >= 15 is 0 Å². The van der Waals surface area contributed by atoms with Crippen LogP contribution in [0.3, 0.4) is 0 Å². The first-order valence-corrected chi connectivity index (χ1v) is 11.1. The summed E-state index contributed by atoms with van der Waals surface area (Å²) in [6.07, 6.45) is 6.57. The average molecular weight is 390 g/mol. The molecule has 0 aliphatic carbocycles. The summed E-state index contributed by atoms with van der Waals surface area (Å²) >= 11 is 0.974. The molecule has 0 N–H and O–H groups in total.